The number of rotatable bonds is 5. The molecule has 0 amide bonds. The van der Waals surface area contributed by atoms with E-state index < -0.39 is 0 Å². The Morgan fingerprint density at radius 1 is 0.660 bits per heavy atom. The van der Waals surface area contributed by atoms with E-state index in [1.165, 1.54) is 16.7 Å². The maximum atomic E-state index is 6.43. The lowest BCUT2D eigenvalue weighted by molar-refractivity contribution is 0.414. The highest BCUT2D eigenvalue weighted by atomic mass is 79.9. The molecule has 0 unspecified atom stereocenters. The summed E-state index contributed by atoms with van der Waals surface area (Å²) in [5.41, 5.74) is 21.3. The Morgan fingerprint density at radius 2 is 1.13 bits per heavy atom. The summed E-state index contributed by atoms with van der Waals surface area (Å²) in [7, 11) is 1.68. The Morgan fingerprint density at radius 3 is 1.60 bits per heavy atom. The van der Waals surface area contributed by atoms with E-state index >= 15 is 0 Å². The maximum absolute atomic E-state index is 6.43. The molecule has 0 aliphatic carbocycles. The first kappa shape index (κ1) is 32.9. The van der Waals surface area contributed by atoms with Crippen LogP contribution in [0.15, 0.2) is 99.9 Å². The van der Waals surface area contributed by atoms with E-state index in [4.69, 9.17) is 26.2 Å². The molecule has 0 saturated carbocycles. The topological polar surface area (TPSA) is 93.5 Å². The number of methoxy groups -OCH3 is 1. The van der Waals surface area contributed by atoms with Crippen LogP contribution in [-0.4, -0.2) is 30.2 Å². The van der Waals surface area contributed by atoms with Crippen LogP contribution in [0.2, 0.25) is 0 Å². The summed E-state index contributed by atoms with van der Waals surface area (Å²) >= 11 is 7.02. The van der Waals surface area contributed by atoms with Gasteiger partial charge in [0.05, 0.1) is 18.1 Å². The van der Waals surface area contributed by atoms with Gasteiger partial charge in [0.1, 0.15) is 17.4 Å². The Hall–Kier alpha value is -4.05. The van der Waals surface area contributed by atoms with Crippen LogP contribution in [0.4, 0.5) is 23.0 Å². The summed E-state index contributed by atoms with van der Waals surface area (Å²) in [6.45, 7) is 3.61. The molecule has 0 bridgehead atoms. The minimum atomic E-state index is 0. The van der Waals surface area contributed by atoms with Gasteiger partial charge < -0.3 is 26.0 Å². The van der Waals surface area contributed by atoms with Gasteiger partial charge in [0, 0.05) is 68.4 Å². The highest BCUT2D eigenvalue weighted by Gasteiger charge is 2.26. The normalized spacial score (nSPS) is 13.2. The smallest absolute Gasteiger partial charge is 0.134 e. The number of halogens is 3. The Bertz CT molecular complexity index is 2060. The van der Waals surface area contributed by atoms with E-state index in [2.05, 4.69) is 84.1 Å². The number of benzene rings is 4. The molecule has 0 fully saturated rings. The molecule has 47 heavy (non-hydrogen) atoms. The molecule has 2 aliphatic rings. The van der Waals surface area contributed by atoms with Crippen LogP contribution in [0.1, 0.15) is 22.3 Å². The molecule has 4 heterocycles. The third-order valence-electron chi connectivity index (χ3n) is 8.75. The van der Waals surface area contributed by atoms with Crippen molar-refractivity contribution in [1.29, 1.82) is 0 Å². The molecular formula is C37H35Br2ClN6O. The second-order valence-electron chi connectivity index (χ2n) is 11.7. The molecule has 10 heteroatoms. The molecule has 0 radical (unpaired) electrons. The van der Waals surface area contributed by atoms with Crippen LogP contribution in [0.3, 0.4) is 0 Å². The average molecular weight is 775 g/mol. The molecule has 2 aromatic heterocycles. The van der Waals surface area contributed by atoms with Crippen molar-refractivity contribution in [3.8, 4) is 5.75 Å². The fraction of sp³-hybridized carbons (Fsp3) is 0.189. The largest absolute Gasteiger partial charge is 0.497 e. The SMILES string of the molecule is COc1ccc(CN2CCc3c2nc2ccc(Br)cc2c3N)cc1.Cl.Nc1c2c(nc3ccc(Br)cc13)N(Cc1ccccc1)CC2. The fourth-order valence-electron chi connectivity index (χ4n) is 6.36. The second-order valence-corrected chi connectivity index (χ2v) is 13.5. The number of nitrogens with two attached hydrogens (primary N) is 2. The number of ether oxygens (including phenoxy) is 1. The molecule has 240 valence electrons. The Balaban J connectivity index is 0.000000161. The van der Waals surface area contributed by atoms with Crippen molar-refractivity contribution in [2.45, 2.75) is 25.9 Å². The molecule has 6 aromatic rings. The minimum Gasteiger partial charge on any atom is -0.497 e. The quantitative estimate of drug-likeness (QED) is 0.181. The highest BCUT2D eigenvalue weighted by molar-refractivity contribution is 9.10. The lowest BCUT2D eigenvalue weighted by atomic mass is 10.1. The van der Waals surface area contributed by atoms with Crippen LogP contribution < -0.4 is 26.0 Å². The predicted molar refractivity (Wildman–Crippen MR) is 204 cm³/mol. The van der Waals surface area contributed by atoms with E-state index in [-0.39, 0.29) is 12.4 Å². The van der Waals surface area contributed by atoms with Crippen molar-refractivity contribution in [2.75, 3.05) is 41.5 Å². The molecule has 0 spiro atoms. The van der Waals surface area contributed by atoms with Crippen LogP contribution in [-0.2, 0) is 25.9 Å². The standard InChI is InChI=1S/C19H18BrN3O.C18H16BrN3.ClH/c1-24-14-5-2-12(3-6-14)11-23-9-8-15-18(21)16-10-13(20)4-7-17(16)22-19(15)23;19-13-6-7-16-15(10-13)17(20)14-8-9-22(18(14)21-16)11-12-4-2-1-3-5-12;/h2-7,10H,8-9,11H2,1H3,(H2,21,22);1-7,10H,8-9,11H2,(H2,20,21);1H. The van der Waals surface area contributed by atoms with Gasteiger partial charge in [0.25, 0.3) is 0 Å². The summed E-state index contributed by atoms with van der Waals surface area (Å²) in [4.78, 5) is 14.4. The molecule has 0 atom stereocenters. The predicted octanol–water partition coefficient (Wildman–Crippen LogP) is 8.71. The van der Waals surface area contributed by atoms with Gasteiger partial charge in [-0.3, -0.25) is 0 Å². The molecule has 7 nitrogen and oxygen atoms in total. The van der Waals surface area contributed by atoms with Crippen molar-refractivity contribution in [1.82, 2.24) is 9.97 Å². The number of nitrogens with zero attached hydrogens (tertiary/aromatic N) is 4. The fourth-order valence-corrected chi connectivity index (χ4v) is 7.08. The summed E-state index contributed by atoms with van der Waals surface area (Å²) in [6.07, 6.45) is 1.90. The summed E-state index contributed by atoms with van der Waals surface area (Å²) in [6, 6.07) is 30.8. The van der Waals surface area contributed by atoms with Crippen LogP contribution in [0, 0.1) is 0 Å². The van der Waals surface area contributed by atoms with E-state index in [1.54, 1.807) is 7.11 Å². The van der Waals surface area contributed by atoms with Gasteiger partial charge in [-0.25, -0.2) is 9.97 Å². The molecular weight excluding hydrogens is 740 g/mol. The molecule has 2 aliphatic heterocycles. The molecule has 4 N–H and O–H groups in total. The van der Waals surface area contributed by atoms with E-state index in [9.17, 15) is 0 Å². The van der Waals surface area contributed by atoms with Crippen LogP contribution in [0.5, 0.6) is 5.75 Å². The van der Waals surface area contributed by atoms with Crippen LogP contribution in [0.25, 0.3) is 21.8 Å². The minimum absolute atomic E-state index is 0. The molecule has 0 saturated heterocycles. The maximum Gasteiger partial charge on any atom is 0.134 e. The molecule has 8 rings (SSSR count). The zero-order chi connectivity index (χ0) is 31.8. The summed E-state index contributed by atoms with van der Waals surface area (Å²) in [5.74, 6) is 2.92. The number of hydrogen-bond donors (Lipinski definition) is 2. The Labute approximate surface area is 297 Å². The van der Waals surface area contributed by atoms with Crippen molar-refractivity contribution in [3.05, 3.63) is 122 Å². The average Bonchev–Trinajstić information content (AvgIpc) is 3.67. The monoisotopic (exact) mass is 772 g/mol. The lowest BCUT2D eigenvalue weighted by Gasteiger charge is -2.19. The summed E-state index contributed by atoms with van der Waals surface area (Å²) < 4.78 is 7.28. The molecule has 4 aromatic carbocycles. The number of pyridine rings is 2. The number of aromatic nitrogens is 2. The van der Waals surface area contributed by atoms with Crippen molar-refractivity contribution in [2.24, 2.45) is 0 Å². The Kier molecular flexibility index (Phi) is 9.77. The highest BCUT2D eigenvalue weighted by Crippen LogP contribution is 2.38. The van der Waals surface area contributed by atoms with Crippen molar-refractivity contribution < 1.29 is 4.74 Å². The zero-order valence-electron chi connectivity index (χ0n) is 25.9. The lowest BCUT2D eigenvalue weighted by Crippen LogP contribution is -2.20. The van der Waals surface area contributed by atoms with Crippen molar-refractivity contribution in [3.63, 3.8) is 0 Å². The van der Waals surface area contributed by atoms with E-state index in [0.29, 0.717) is 0 Å². The zero-order valence-corrected chi connectivity index (χ0v) is 29.9. The van der Waals surface area contributed by atoms with Gasteiger partial charge in [-0.2, -0.15) is 0 Å². The van der Waals surface area contributed by atoms with Gasteiger partial charge in [-0.15, -0.1) is 12.4 Å². The van der Waals surface area contributed by atoms with Gasteiger partial charge in [-0.1, -0.05) is 74.3 Å². The first-order valence-electron chi connectivity index (χ1n) is 15.3. The first-order valence-corrected chi connectivity index (χ1v) is 16.9. The van der Waals surface area contributed by atoms with E-state index in [0.717, 1.165) is 104 Å². The first-order chi connectivity index (χ1) is 22.4. The van der Waals surface area contributed by atoms with Gasteiger partial charge in [0.2, 0.25) is 0 Å². The third kappa shape index (κ3) is 6.70. The number of nitrogen functional groups attached to an aromatic ring is 2. The third-order valence-corrected chi connectivity index (χ3v) is 9.74. The van der Waals surface area contributed by atoms with E-state index in [1.807, 2.05) is 48.5 Å². The van der Waals surface area contributed by atoms with Crippen molar-refractivity contribution >= 4 is 89.1 Å². The number of fused-ring (bicyclic) bond motifs is 4. The van der Waals surface area contributed by atoms with Gasteiger partial charge in [-0.05, 0) is 72.5 Å². The van der Waals surface area contributed by atoms with Gasteiger partial charge in [0.15, 0.2) is 0 Å². The summed E-state index contributed by atoms with van der Waals surface area (Å²) in [5, 5.41) is 2.06. The van der Waals surface area contributed by atoms with Gasteiger partial charge >= 0.3 is 0 Å². The van der Waals surface area contributed by atoms with Crippen LogP contribution >= 0.6 is 44.3 Å². The number of hydrogen-bond acceptors (Lipinski definition) is 7. The number of anilines is 4. The second kappa shape index (κ2) is 14.0.